The van der Waals surface area contributed by atoms with Crippen molar-refractivity contribution in [2.24, 2.45) is 5.92 Å². The maximum Gasteiger partial charge on any atom is 0.391 e. The van der Waals surface area contributed by atoms with Gasteiger partial charge in [0, 0.05) is 24.3 Å². The lowest BCUT2D eigenvalue weighted by Crippen LogP contribution is -2.43. The number of hydrogen-bond donors (Lipinski definition) is 1. The van der Waals surface area contributed by atoms with Crippen LogP contribution in [-0.4, -0.2) is 49.1 Å². The van der Waals surface area contributed by atoms with Crippen molar-refractivity contribution in [1.82, 2.24) is 4.90 Å². The molecule has 136 valence electrons. The quantitative estimate of drug-likeness (QED) is 0.845. The number of alkyl halides is 3. The Balaban J connectivity index is 1.50. The Labute approximate surface area is 143 Å². The summed E-state index contributed by atoms with van der Waals surface area (Å²) in [4.78, 5) is 27.0. The largest absolute Gasteiger partial charge is 0.391 e. The first kappa shape index (κ1) is 17.7. The molecule has 0 bridgehead atoms. The van der Waals surface area contributed by atoms with E-state index in [9.17, 15) is 22.8 Å². The molecule has 5 nitrogen and oxygen atoms in total. The predicted octanol–water partition coefficient (Wildman–Crippen LogP) is 2.64. The molecule has 2 amide bonds. The van der Waals surface area contributed by atoms with Crippen LogP contribution in [0.4, 0.5) is 24.5 Å². The number of piperidine rings is 1. The van der Waals surface area contributed by atoms with E-state index >= 15 is 0 Å². The summed E-state index contributed by atoms with van der Waals surface area (Å²) in [6.07, 6.45) is -3.56. The Kier molecular flexibility index (Phi) is 4.99. The molecule has 0 atom stereocenters. The Morgan fingerprint density at radius 1 is 1.20 bits per heavy atom. The first-order valence-electron chi connectivity index (χ1n) is 8.32. The van der Waals surface area contributed by atoms with Crippen LogP contribution in [0, 0.1) is 5.92 Å². The van der Waals surface area contributed by atoms with Crippen molar-refractivity contribution in [3.05, 3.63) is 24.3 Å². The van der Waals surface area contributed by atoms with Gasteiger partial charge in [0.2, 0.25) is 11.8 Å². The van der Waals surface area contributed by atoms with E-state index in [-0.39, 0.29) is 44.3 Å². The molecule has 1 aromatic rings. The minimum atomic E-state index is -4.15. The molecule has 1 aromatic carbocycles. The standard InChI is InChI=1S/C17H20F3N3O2/c18-17(19,20)12-4-7-22(8-5-12)11-15(24)21-13-2-1-3-14(10-13)23-9-6-16(23)25/h1-3,10,12H,4-9,11H2,(H,21,24). The highest BCUT2D eigenvalue weighted by atomic mass is 19.4. The highest BCUT2D eigenvalue weighted by molar-refractivity contribution is 6.00. The molecule has 3 rings (SSSR count). The number of β-lactam (4-membered cyclic amide) rings is 1. The van der Waals surface area contributed by atoms with Gasteiger partial charge in [0.05, 0.1) is 12.5 Å². The van der Waals surface area contributed by atoms with Crippen molar-refractivity contribution in [2.45, 2.75) is 25.4 Å². The molecular weight excluding hydrogens is 335 g/mol. The molecule has 0 aliphatic carbocycles. The lowest BCUT2D eigenvalue weighted by atomic mass is 9.96. The Morgan fingerprint density at radius 3 is 2.48 bits per heavy atom. The lowest BCUT2D eigenvalue weighted by Gasteiger charge is -2.32. The van der Waals surface area contributed by atoms with Gasteiger partial charge >= 0.3 is 6.18 Å². The van der Waals surface area contributed by atoms with Gasteiger partial charge in [-0.1, -0.05) is 6.07 Å². The Bertz CT molecular complexity index is 655. The minimum Gasteiger partial charge on any atom is -0.325 e. The topological polar surface area (TPSA) is 52.7 Å². The van der Waals surface area contributed by atoms with Crippen molar-refractivity contribution >= 4 is 23.2 Å². The molecule has 0 unspecified atom stereocenters. The smallest absolute Gasteiger partial charge is 0.325 e. The molecule has 2 aliphatic rings. The molecule has 25 heavy (non-hydrogen) atoms. The van der Waals surface area contributed by atoms with E-state index < -0.39 is 12.1 Å². The van der Waals surface area contributed by atoms with Gasteiger partial charge in [0.1, 0.15) is 0 Å². The highest BCUT2D eigenvalue weighted by Gasteiger charge is 2.41. The van der Waals surface area contributed by atoms with Crippen molar-refractivity contribution in [3.8, 4) is 0 Å². The second kappa shape index (κ2) is 7.03. The summed E-state index contributed by atoms with van der Waals surface area (Å²) >= 11 is 0. The third kappa shape index (κ3) is 4.31. The van der Waals surface area contributed by atoms with Gasteiger partial charge in [0.25, 0.3) is 0 Å². The number of halogens is 3. The summed E-state index contributed by atoms with van der Waals surface area (Å²) in [7, 11) is 0. The van der Waals surface area contributed by atoms with Crippen molar-refractivity contribution < 1.29 is 22.8 Å². The summed E-state index contributed by atoms with van der Waals surface area (Å²) in [6, 6.07) is 7.01. The zero-order chi connectivity index (χ0) is 18.0. The first-order chi connectivity index (χ1) is 11.8. The first-order valence-corrected chi connectivity index (χ1v) is 8.32. The van der Waals surface area contributed by atoms with Crippen LogP contribution >= 0.6 is 0 Å². The number of nitrogens with one attached hydrogen (secondary N) is 1. The molecule has 2 aliphatic heterocycles. The second-order valence-corrected chi connectivity index (χ2v) is 6.49. The molecule has 0 saturated carbocycles. The van der Waals surface area contributed by atoms with Crippen LogP contribution in [0.2, 0.25) is 0 Å². The molecule has 2 fully saturated rings. The van der Waals surface area contributed by atoms with Crippen LogP contribution in [0.5, 0.6) is 0 Å². The summed E-state index contributed by atoms with van der Waals surface area (Å²) in [6.45, 7) is 1.27. The number of hydrogen-bond acceptors (Lipinski definition) is 3. The normalized spacial score (nSPS) is 19.6. The molecule has 0 aromatic heterocycles. The number of likely N-dealkylation sites (tertiary alicyclic amines) is 1. The van der Waals surface area contributed by atoms with Crippen LogP contribution in [0.3, 0.4) is 0 Å². The summed E-state index contributed by atoms with van der Waals surface area (Å²) in [5.41, 5.74) is 1.31. The fourth-order valence-electron chi connectivity index (χ4n) is 3.16. The monoisotopic (exact) mass is 355 g/mol. The van der Waals surface area contributed by atoms with E-state index in [2.05, 4.69) is 5.32 Å². The SMILES string of the molecule is O=C(CN1CCC(C(F)(F)F)CC1)Nc1cccc(N2CCC2=O)c1. The minimum absolute atomic E-state index is 0.0311. The number of amides is 2. The third-order valence-corrected chi connectivity index (χ3v) is 4.71. The average molecular weight is 355 g/mol. The van der Waals surface area contributed by atoms with Gasteiger partial charge in [-0.05, 0) is 44.1 Å². The molecule has 0 spiro atoms. The van der Waals surface area contributed by atoms with Crippen molar-refractivity contribution in [3.63, 3.8) is 0 Å². The van der Waals surface area contributed by atoms with Gasteiger partial charge in [0.15, 0.2) is 0 Å². The van der Waals surface area contributed by atoms with Crippen LogP contribution < -0.4 is 10.2 Å². The molecule has 2 heterocycles. The third-order valence-electron chi connectivity index (χ3n) is 4.71. The van der Waals surface area contributed by atoms with E-state index in [1.54, 1.807) is 34.1 Å². The van der Waals surface area contributed by atoms with E-state index in [0.717, 1.165) is 5.69 Å². The molecule has 2 saturated heterocycles. The molecular formula is C17H20F3N3O2. The Morgan fingerprint density at radius 2 is 1.92 bits per heavy atom. The molecule has 1 N–H and O–H groups in total. The van der Waals surface area contributed by atoms with Crippen LogP contribution in [0.15, 0.2) is 24.3 Å². The predicted molar refractivity (Wildman–Crippen MR) is 87.3 cm³/mol. The second-order valence-electron chi connectivity index (χ2n) is 6.49. The van der Waals surface area contributed by atoms with Crippen molar-refractivity contribution in [2.75, 3.05) is 36.4 Å². The fourth-order valence-corrected chi connectivity index (χ4v) is 3.16. The number of benzene rings is 1. The number of carbonyl (C=O) groups is 2. The lowest BCUT2D eigenvalue weighted by molar-refractivity contribution is -0.184. The van der Waals surface area contributed by atoms with Gasteiger partial charge in [-0.2, -0.15) is 13.2 Å². The van der Waals surface area contributed by atoms with E-state index in [4.69, 9.17) is 0 Å². The van der Waals surface area contributed by atoms with Gasteiger partial charge in [-0.15, -0.1) is 0 Å². The van der Waals surface area contributed by atoms with E-state index in [0.29, 0.717) is 18.7 Å². The molecule has 0 radical (unpaired) electrons. The summed E-state index contributed by atoms with van der Waals surface area (Å²) in [5, 5.41) is 2.75. The summed E-state index contributed by atoms with van der Waals surface area (Å²) in [5.74, 6) is -1.48. The van der Waals surface area contributed by atoms with Gasteiger partial charge in [-0.25, -0.2) is 0 Å². The van der Waals surface area contributed by atoms with Gasteiger partial charge < -0.3 is 10.2 Å². The van der Waals surface area contributed by atoms with Crippen LogP contribution in [0.1, 0.15) is 19.3 Å². The molecule has 8 heteroatoms. The Hall–Kier alpha value is -2.09. The fraction of sp³-hybridized carbons (Fsp3) is 0.529. The maximum atomic E-state index is 12.7. The van der Waals surface area contributed by atoms with E-state index in [1.165, 1.54) is 0 Å². The number of nitrogens with zero attached hydrogens (tertiary/aromatic N) is 2. The van der Waals surface area contributed by atoms with E-state index in [1.807, 2.05) is 0 Å². The zero-order valence-electron chi connectivity index (χ0n) is 13.7. The maximum absolute atomic E-state index is 12.7. The number of carbonyl (C=O) groups excluding carboxylic acids is 2. The van der Waals surface area contributed by atoms with Gasteiger partial charge in [-0.3, -0.25) is 14.5 Å². The number of rotatable bonds is 4. The zero-order valence-corrected chi connectivity index (χ0v) is 13.7. The average Bonchev–Trinajstić information content (AvgIpc) is 2.53. The number of anilines is 2. The summed E-state index contributed by atoms with van der Waals surface area (Å²) < 4.78 is 38.0. The van der Waals surface area contributed by atoms with Crippen LogP contribution in [-0.2, 0) is 9.59 Å². The van der Waals surface area contributed by atoms with Crippen molar-refractivity contribution in [1.29, 1.82) is 0 Å². The highest BCUT2D eigenvalue weighted by Crippen LogP contribution is 2.34. The van der Waals surface area contributed by atoms with Crippen LogP contribution in [0.25, 0.3) is 0 Å².